The molecule has 0 unspecified atom stereocenters. The number of halogens is 4. The molecule has 0 spiro atoms. The highest BCUT2D eigenvalue weighted by atomic mass is 127. The molecular formula is C19H22F3IN4O. The van der Waals surface area contributed by atoms with E-state index in [1.54, 1.807) is 0 Å². The molecule has 152 valence electrons. The molecule has 0 saturated carbocycles. The molecule has 1 amide bonds. The molecule has 0 saturated heterocycles. The predicted octanol–water partition coefficient (Wildman–Crippen LogP) is 4.10. The van der Waals surface area contributed by atoms with Crippen LogP contribution in [-0.4, -0.2) is 25.0 Å². The minimum Gasteiger partial charge on any atom is -0.370 e. The number of aryl methyl sites for hydroxylation is 2. The van der Waals surface area contributed by atoms with Crippen molar-refractivity contribution in [2.24, 2.45) is 10.7 Å². The Hall–Kier alpha value is -2.30. The number of guanidine groups is 1. The van der Waals surface area contributed by atoms with Crippen molar-refractivity contribution in [2.45, 2.75) is 20.0 Å². The fourth-order valence-corrected chi connectivity index (χ4v) is 2.27. The summed E-state index contributed by atoms with van der Waals surface area (Å²) in [6.07, 6.45) is -4.43. The first kappa shape index (κ1) is 23.7. The van der Waals surface area contributed by atoms with Gasteiger partial charge in [-0.15, -0.1) is 24.0 Å². The molecule has 0 heterocycles. The van der Waals surface area contributed by atoms with Gasteiger partial charge in [0.25, 0.3) is 5.91 Å². The number of hydrogen-bond acceptors (Lipinski definition) is 2. The zero-order valence-corrected chi connectivity index (χ0v) is 17.8. The van der Waals surface area contributed by atoms with Crippen LogP contribution < -0.4 is 16.4 Å². The Labute approximate surface area is 178 Å². The summed E-state index contributed by atoms with van der Waals surface area (Å²) in [7, 11) is 0. The second-order valence-corrected chi connectivity index (χ2v) is 6.02. The summed E-state index contributed by atoms with van der Waals surface area (Å²) < 4.78 is 37.5. The maximum absolute atomic E-state index is 12.5. The van der Waals surface area contributed by atoms with E-state index in [0.29, 0.717) is 0 Å². The molecule has 5 nitrogen and oxygen atoms in total. The molecule has 4 N–H and O–H groups in total. The van der Waals surface area contributed by atoms with Crippen LogP contribution in [0.4, 0.5) is 18.9 Å². The van der Waals surface area contributed by atoms with Crippen LogP contribution in [0.5, 0.6) is 0 Å². The van der Waals surface area contributed by atoms with Crippen molar-refractivity contribution in [2.75, 3.05) is 18.4 Å². The summed E-state index contributed by atoms with van der Waals surface area (Å²) in [6, 6.07) is 9.82. The first-order valence-corrected chi connectivity index (χ1v) is 8.26. The van der Waals surface area contributed by atoms with Gasteiger partial charge in [0, 0.05) is 17.8 Å². The number of alkyl halides is 3. The molecule has 0 aliphatic rings. The number of carbonyl (C=O) groups excluding carboxylic acids is 1. The van der Waals surface area contributed by atoms with E-state index in [9.17, 15) is 18.0 Å². The number of hydrogen-bond donors (Lipinski definition) is 3. The normalized spacial score (nSPS) is 11.5. The third-order valence-corrected chi connectivity index (χ3v) is 3.93. The molecule has 0 aromatic heterocycles. The Balaban J connectivity index is 0.00000392. The number of rotatable bonds is 5. The molecule has 0 atom stereocenters. The van der Waals surface area contributed by atoms with Crippen LogP contribution in [0.1, 0.15) is 27.0 Å². The zero-order chi connectivity index (χ0) is 20.0. The summed E-state index contributed by atoms with van der Waals surface area (Å²) in [6.45, 7) is 4.44. The summed E-state index contributed by atoms with van der Waals surface area (Å²) in [5.74, 6) is -0.262. The number of amides is 1. The van der Waals surface area contributed by atoms with E-state index >= 15 is 0 Å². The van der Waals surface area contributed by atoms with Crippen LogP contribution in [0, 0.1) is 13.8 Å². The highest BCUT2D eigenvalue weighted by Crippen LogP contribution is 2.29. The molecule has 0 bridgehead atoms. The quantitative estimate of drug-likeness (QED) is 0.248. The van der Waals surface area contributed by atoms with Crippen LogP contribution in [0.3, 0.4) is 0 Å². The van der Waals surface area contributed by atoms with Crippen LogP contribution in [0.25, 0.3) is 0 Å². The number of nitrogens with zero attached hydrogens (tertiary/aromatic N) is 1. The Kier molecular flexibility index (Phi) is 8.73. The minimum atomic E-state index is -4.43. The van der Waals surface area contributed by atoms with Gasteiger partial charge in [-0.25, -0.2) is 0 Å². The van der Waals surface area contributed by atoms with Gasteiger partial charge in [0.1, 0.15) is 0 Å². The van der Waals surface area contributed by atoms with Gasteiger partial charge in [-0.05, 0) is 61.4 Å². The number of carbonyl (C=O) groups is 1. The fraction of sp³-hybridized carbons (Fsp3) is 0.263. The zero-order valence-electron chi connectivity index (χ0n) is 15.4. The molecule has 9 heteroatoms. The van der Waals surface area contributed by atoms with Crippen LogP contribution in [0.2, 0.25) is 0 Å². The predicted molar refractivity (Wildman–Crippen MR) is 115 cm³/mol. The standard InChI is InChI=1S/C19H21F3N4O.HI/c1-12-3-8-16(11-13(12)2)26-18(23)25-10-9-24-17(27)14-4-6-15(7-5-14)19(20,21)22;/h3-8,11H,9-10H2,1-2H3,(H,24,27)(H3,23,25,26);1H. The first-order chi connectivity index (χ1) is 12.7. The van der Waals surface area contributed by atoms with Crippen molar-refractivity contribution >= 4 is 41.5 Å². The van der Waals surface area contributed by atoms with Crippen molar-refractivity contribution in [1.29, 1.82) is 0 Å². The lowest BCUT2D eigenvalue weighted by Gasteiger charge is -2.09. The van der Waals surface area contributed by atoms with Crippen LogP contribution in [-0.2, 0) is 6.18 Å². The molecule has 2 aromatic rings. The Bertz CT molecular complexity index is 836. The third kappa shape index (κ3) is 7.02. The largest absolute Gasteiger partial charge is 0.416 e. The first-order valence-electron chi connectivity index (χ1n) is 8.26. The van der Waals surface area contributed by atoms with Crippen molar-refractivity contribution in [3.8, 4) is 0 Å². The molecule has 2 rings (SSSR count). The lowest BCUT2D eigenvalue weighted by Crippen LogP contribution is -2.28. The number of nitrogens with one attached hydrogen (secondary N) is 2. The Morgan fingerprint density at radius 1 is 1.07 bits per heavy atom. The highest BCUT2D eigenvalue weighted by molar-refractivity contribution is 14.0. The van der Waals surface area contributed by atoms with Crippen LogP contribution in [0.15, 0.2) is 47.5 Å². The molecule has 2 aromatic carbocycles. The Morgan fingerprint density at radius 3 is 2.29 bits per heavy atom. The van der Waals surface area contributed by atoms with E-state index in [1.807, 2.05) is 32.0 Å². The molecule has 0 fully saturated rings. The van der Waals surface area contributed by atoms with E-state index in [1.165, 1.54) is 5.56 Å². The number of nitrogens with two attached hydrogens (primary N) is 1. The summed E-state index contributed by atoms with van der Waals surface area (Å²) in [4.78, 5) is 16.0. The van der Waals surface area contributed by atoms with Crippen molar-refractivity contribution < 1.29 is 18.0 Å². The van der Waals surface area contributed by atoms with Gasteiger partial charge >= 0.3 is 6.18 Å². The van der Waals surface area contributed by atoms with Gasteiger partial charge in [-0.2, -0.15) is 13.2 Å². The summed E-state index contributed by atoms with van der Waals surface area (Å²) in [5.41, 5.74) is 8.25. The van der Waals surface area contributed by atoms with Gasteiger partial charge in [0.05, 0.1) is 12.1 Å². The van der Waals surface area contributed by atoms with Crippen molar-refractivity contribution in [1.82, 2.24) is 5.32 Å². The van der Waals surface area contributed by atoms with Gasteiger partial charge in [-0.3, -0.25) is 9.79 Å². The fourth-order valence-electron chi connectivity index (χ4n) is 2.27. The van der Waals surface area contributed by atoms with Gasteiger partial charge in [0.15, 0.2) is 5.96 Å². The molecule has 0 radical (unpaired) electrons. The molecule has 28 heavy (non-hydrogen) atoms. The second-order valence-electron chi connectivity index (χ2n) is 6.02. The smallest absolute Gasteiger partial charge is 0.370 e. The topological polar surface area (TPSA) is 79.5 Å². The molecule has 0 aliphatic heterocycles. The van der Waals surface area contributed by atoms with E-state index in [4.69, 9.17) is 5.73 Å². The van der Waals surface area contributed by atoms with Crippen LogP contribution >= 0.6 is 24.0 Å². The minimum absolute atomic E-state index is 0. The van der Waals surface area contributed by atoms with Gasteiger partial charge in [0.2, 0.25) is 0 Å². The van der Waals surface area contributed by atoms with E-state index in [-0.39, 0.29) is 48.6 Å². The lowest BCUT2D eigenvalue weighted by atomic mass is 10.1. The SMILES string of the molecule is Cc1ccc(NC(N)=NCCNC(=O)c2ccc(C(F)(F)F)cc2)cc1C.I. The third-order valence-electron chi connectivity index (χ3n) is 3.93. The van der Waals surface area contributed by atoms with E-state index < -0.39 is 17.6 Å². The maximum atomic E-state index is 12.5. The molecule has 0 aliphatic carbocycles. The number of benzene rings is 2. The number of aliphatic imine (C=N–C) groups is 1. The van der Waals surface area contributed by atoms with Gasteiger partial charge < -0.3 is 16.4 Å². The van der Waals surface area contributed by atoms with Crippen molar-refractivity contribution in [3.05, 3.63) is 64.7 Å². The van der Waals surface area contributed by atoms with E-state index in [2.05, 4.69) is 15.6 Å². The monoisotopic (exact) mass is 506 g/mol. The van der Waals surface area contributed by atoms with Crippen molar-refractivity contribution in [3.63, 3.8) is 0 Å². The lowest BCUT2D eigenvalue weighted by molar-refractivity contribution is -0.137. The average Bonchev–Trinajstić information content (AvgIpc) is 2.61. The highest BCUT2D eigenvalue weighted by Gasteiger charge is 2.30. The maximum Gasteiger partial charge on any atom is 0.416 e. The van der Waals surface area contributed by atoms with Gasteiger partial charge in [-0.1, -0.05) is 6.07 Å². The number of anilines is 1. The summed E-state index contributed by atoms with van der Waals surface area (Å²) >= 11 is 0. The second kappa shape index (κ2) is 10.3. The summed E-state index contributed by atoms with van der Waals surface area (Å²) in [5, 5.41) is 5.54. The Morgan fingerprint density at radius 2 is 1.71 bits per heavy atom. The van der Waals surface area contributed by atoms with E-state index in [0.717, 1.165) is 35.5 Å². The molecular weight excluding hydrogens is 484 g/mol. The average molecular weight is 506 g/mol.